The first kappa shape index (κ1) is 52.6. The molecular weight excluding hydrogens is 794 g/mol. The molecule has 17 atom stereocenters. The van der Waals surface area contributed by atoms with Crippen LogP contribution in [0.15, 0.2) is 24.3 Å². The molecule has 0 aromatic rings. The summed E-state index contributed by atoms with van der Waals surface area (Å²) in [4.78, 5) is 12.3. The van der Waals surface area contributed by atoms with Gasteiger partial charge in [-0.05, 0) is 25.7 Å². The van der Waals surface area contributed by atoms with E-state index in [1.165, 1.54) is 57.4 Å². The van der Waals surface area contributed by atoms with E-state index in [1.807, 2.05) is 0 Å². The minimum Gasteiger partial charge on any atom is -0.394 e. The maximum Gasteiger partial charge on any atom is 0.220 e. The van der Waals surface area contributed by atoms with Crippen molar-refractivity contribution in [2.24, 2.45) is 0 Å². The normalized spacial score (nSPS) is 36.2. The molecule has 17 unspecified atom stereocenters. The van der Waals surface area contributed by atoms with Crippen LogP contribution in [0.1, 0.15) is 97.3 Å². The predicted octanol–water partition coefficient (Wildman–Crippen LogP) is -1.48. The number of nitrogens with one attached hydrogen (secondary N) is 1. The zero-order valence-corrected chi connectivity index (χ0v) is 34.9. The van der Waals surface area contributed by atoms with Crippen molar-refractivity contribution in [3.8, 4) is 0 Å². The minimum atomic E-state index is -1.97. The van der Waals surface area contributed by atoms with Gasteiger partial charge in [-0.15, -0.1) is 0 Å². The molecule has 0 bridgehead atoms. The number of allylic oxidation sites excluding steroid dienone is 3. The van der Waals surface area contributed by atoms with Crippen LogP contribution in [0, 0.1) is 0 Å². The second-order valence-corrected chi connectivity index (χ2v) is 15.8. The second kappa shape index (κ2) is 28.1. The Bertz CT molecular complexity index is 1230. The average molecular weight is 868 g/mol. The van der Waals surface area contributed by atoms with E-state index in [2.05, 4.69) is 24.4 Å². The van der Waals surface area contributed by atoms with Crippen molar-refractivity contribution < 1.29 is 89.4 Å². The Morgan fingerprint density at radius 2 is 1.05 bits per heavy atom. The average Bonchev–Trinajstić information content (AvgIpc) is 3.25. The number of hydrogen-bond acceptors (Lipinski definition) is 18. The number of unbranched alkanes of at least 4 members (excludes halogenated alkanes) is 10. The summed E-state index contributed by atoms with van der Waals surface area (Å²) in [5, 5.41) is 118. The van der Waals surface area contributed by atoms with E-state index in [0.717, 1.165) is 19.3 Å². The third-order valence-corrected chi connectivity index (χ3v) is 11.1. The fourth-order valence-corrected chi connectivity index (χ4v) is 7.28. The highest BCUT2D eigenvalue weighted by atomic mass is 16.8. The Labute approximate surface area is 352 Å². The highest BCUT2D eigenvalue weighted by molar-refractivity contribution is 5.75. The zero-order valence-electron chi connectivity index (χ0n) is 34.9. The summed E-state index contributed by atoms with van der Waals surface area (Å²) in [7, 11) is 0. The van der Waals surface area contributed by atoms with Gasteiger partial charge < -0.3 is 89.9 Å². The van der Waals surface area contributed by atoms with Gasteiger partial charge in [-0.3, -0.25) is 4.79 Å². The molecular formula is C41H73NO18. The molecule has 0 aliphatic carbocycles. The largest absolute Gasteiger partial charge is 0.394 e. The first-order valence-electron chi connectivity index (χ1n) is 21.6. The topological polar surface area (TPSA) is 307 Å². The van der Waals surface area contributed by atoms with Gasteiger partial charge in [0.05, 0.1) is 38.6 Å². The first-order valence-corrected chi connectivity index (χ1v) is 21.6. The van der Waals surface area contributed by atoms with Crippen LogP contribution in [0.2, 0.25) is 0 Å². The number of amides is 1. The van der Waals surface area contributed by atoms with Crippen molar-refractivity contribution in [1.82, 2.24) is 5.32 Å². The van der Waals surface area contributed by atoms with Gasteiger partial charge in [0.25, 0.3) is 0 Å². The highest BCUT2D eigenvalue weighted by Crippen LogP contribution is 2.32. The maximum atomic E-state index is 12.3. The Hall–Kier alpha value is -1.73. The molecule has 0 aromatic carbocycles. The zero-order chi connectivity index (χ0) is 44.2. The predicted molar refractivity (Wildman–Crippen MR) is 213 cm³/mol. The number of aliphatic hydroxyl groups excluding tert-OH is 11. The molecule has 3 heterocycles. The number of aliphatic hydroxyl groups is 11. The Morgan fingerprint density at radius 1 is 0.583 bits per heavy atom. The van der Waals surface area contributed by atoms with Gasteiger partial charge in [0.2, 0.25) is 5.91 Å². The van der Waals surface area contributed by atoms with Crippen LogP contribution in [-0.4, -0.2) is 193 Å². The molecule has 1 amide bonds. The lowest BCUT2D eigenvalue weighted by molar-refractivity contribution is -0.379. The third-order valence-electron chi connectivity index (χ3n) is 11.1. The lowest BCUT2D eigenvalue weighted by Gasteiger charge is -2.48. The molecule has 0 saturated carbocycles. The van der Waals surface area contributed by atoms with E-state index in [1.54, 1.807) is 13.0 Å². The van der Waals surface area contributed by atoms with E-state index in [0.29, 0.717) is 6.42 Å². The molecule has 350 valence electrons. The molecule has 60 heavy (non-hydrogen) atoms. The van der Waals surface area contributed by atoms with Gasteiger partial charge in [-0.2, -0.15) is 0 Å². The van der Waals surface area contributed by atoms with Crippen molar-refractivity contribution in [2.45, 2.75) is 202 Å². The van der Waals surface area contributed by atoms with Crippen LogP contribution in [0.3, 0.4) is 0 Å². The van der Waals surface area contributed by atoms with Crippen molar-refractivity contribution >= 4 is 5.91 Å². The molecule has 0 aromatic heterocycles. The fourth-order valence-electron chi connectivity index (χ4n) is 7.28. The van der Waals surface area contributed by atoms with E-state index >= 15 is 0 Å². The molecule has 0 spiro atoms. The molecule has 3 rings (SSSR count). The van der Waals surface area contributed by atoms with Crippen LogP contribution >= 0.6 is 0 Å². The first-order chi connectivity index (χ1) is 28.8. The molecule has 3 aliphatic heterocycles. The summed E-state index contributed by atoms with van der Waals surface area (Å²) in [6.07, 6.45) is -5.14. The summed E-state index contributed by atoms with van der Waals surface area (Å²) in [5.41, 5.74) is 0. The van der Waals surface area contributed by atoms with Gasteiger partial charge in [0, 0.05) is 6.42 Å². The van der Waals surface area contributed by atoms with Crippen LogP contribution in [0.4, 0.5) is 0 Å². The van der Waals surface area contributed by atoms with Crippen molar-refractivity contribution in [3.63, 3.8) is 0 Å². The van der Waals surface area contributed by atoms with Crippen LogP contribution < -0.4 is 5.32 Å². The van der Waals surface area contributed by atoms with E-state index < -0.39 is 124 Å². The number of ether oxygens (including phenoxy) is 6. The van der Waals surface area contributed by atoms with Crippen molar-refractivity contribution in [1.29, 1.82) is 0 Å². The highest BCUT2D eigenvalue weighted by Gasteiger charge is 2.53. The van der Waals surface area contributed by atoms with Gasteiger partial charge >= 0.3 is 0 Å². The van der Waals surface area contributed by atoms with Crippen molar-refractivity contribution in [3.05, 3.63) is 24.3 Å². The maximum absolute atomic E-state index is 12.3. The Morgan fingerprint density at radius 3 is 1.60 bits per heavy atom. The Kier molecular flexibility index (Phi) is 24.7. The standard InChI is InChI=1S/C41H73NO18/c1-3-5-6-7-8-9-10-11-12-13-14-15-16-17-18-19-25(46)24(42-29(47)4-2)23-55-39-35(53)32(50)37(27(21-44)57-39)60-41-36(54)33(51)38(28(22-45)58-41)59-40-34(52)31(49)30(48)26(20-43)56-40/h14-15,18-19,24-28,30-41,43-46,48-54H,3-13,16-17,20-23H2,1-2H3,(H,42,47)/b15-14+,19-18+. The summed E-state index contributed by atoms with van der Waals surface area (Å²) < 4.78 is 33.6. The van der Waals surface area contributed by atoms with Gasteiger partial charge in [0.1, 0.15) is 73.2 Å². The summed E-state index contributed by atoms with van der Waals surface area (Å²) in [6.45, 7) is 1.06. The van der Waals surface area contributed by atoms with Gasteiger partial charge in [-0.1, -0.05) is 89.5 Å². The molecule has 3 saturated heterocycles. The molecule has 0 radical (unpaired) electrons. The third kappa shape index (κ3) is 15.8. The van der Waals surface area contributed by atoms with Gasteiger partial charge in [0.15, 0.2) is 18.9 Å². The lowest BCUT2D eigenvalue weighted by Crippen LogP contribution is -2.66. The lowest BCUT2D eigenvalue weighted by atomic mass is 9.96. The van der Waals surface area contributed by atoms with Gasteiger partial charge in [-0.25, -0.2) is 0 Å². The van der Waals surface area contributed by atoms with Crippen LogP contribution in [0.25, 0.3) is 0 Å². The monoisotopic (exact) mass is 867 g/mol. The van der Waals surface area contributed by atoms with Crippen molar-refractivity contribution in [2.75, 3.05) is 26.4 Å². The van der Waals surface area contributed by atoms with E-state index in [-0.39, 0.29) is 18.9 Å². The SMILES string of the molecule is CCCCCCCCCCC/C=C/CC/C=C/C(O)C(COC1OC(CO)C(OC2OC(CO)C(OC3OC(CO)C(O)C(O)C3O)C(O)C2O)C(O)C1O)NC(=O)CC. The molecule has 19 nitrogen and oxygen atoms in total. The number of hydrogen-bond donors (Lipinski definition) is 12. The summed E-state index contributed by atoms with van der Waals surface area (Å²) in [5.74, 6) is -0.377. The van der Waals surface area contributed by atoms with Crippen LogP contribution in [-0.2, 0) is 33.2 Å². The molecule has 12 N–H and O–H groups in total. The molecule has 19 heteroatoms. The second-order valence-electron chi connectivity index (χ2n) is 15.8. The Balaban J connectivity index is 1.51. The fraction of sp³-hybridized carbons (Fsp3) is 0.878. The number of rotatable bonds is 27. The summed E-state index contributed by atoms with van der Waals surface area (Å²) in [6, 6.07) is -0.980. The van der Waals surface area contributed by atoms with Crippen LogP contribution in [0.5, 0.6) is 0 Å². The van der Waals surface area contributed by atoms with E-state index in [4.69, 9.17) is 28.4 Å². The van der Waals surface area contributed by atoms with E-state index in [9.17, 15) is 61.0 Å². The number of carbonyl (C=O) groups excluding carboxylic acids is 1. The smallest absolute Gasteiger partial charge is 0.220 e. The minimum absolute atomic E-state index is 0.116. The summed E-state index contributed by atoms with van der Waals surface area (Å²) >= 11 is 0. The number of carbonyl (C=O) groups is 1. The quantitative estimate of drug-likeness (QED) is 0.0331. The molecule has 3 aliphatic rings. The molecule has 3 fully saturated rings.